The van der Waals surface area contributed by atoms with Crippen molar-refractivity contribution >= 4 is 23.2 Å². The maximum Gasteiger partial charge on any atom is 0.269 e. The van der Waals surface area contributed by atoms with Crippen LogP contribution in [0.1, 0.15) is 12.5 Å². The highest BCUT2D eigenvalue weighted by Crippen LogP contribution is 2.14. The standard InChI is InChI=1S/C11H13ClN2O3/c1-2-13-11(15)10(12)7-8-3-5-9(6-4-8)14(16)17/h3-6,10H,2,7H2,1H3,(H,13,15). The van der Waals surface area contributed by atoms with Gasteiger partial charge in [0.2, 0.25) is 5.91 Å². The van der Waals surface area contributed by atoms with Crippen LogP contribution >= 0.6 is 11.6 Å². The van der Waals surface area contributed by atoms with Crippen molar-refractivity contribution in [3.63, 3.8) is 0 Å². The zero-order chi connectivity index (χ0) is 12.8. The lowest BCUT2D eigenvalue weighted by Crippen LogP contribution is -2.32. The Morgan fingerprint density at radius 2 is 2.06 bits per heavy atom. The van der Waals surface area contributed by atoms with Crippen LogP contribution in [0.5, 0.6) is 0 Å². The molecule has 0 saturated heterocycles. The molecule has 1 unspecified atom stereocenters. The summed E-state index contributed by atoms with van der Waals surface area (Å²) in [5.41, 5.74) is 0.819. The number of benzene rings is 1. The predicted octanol–water partition coefficient (Wildman–Crippen LogP) is 1.88. The number of halogens is 1. The summed E-state index contributed by atoms with van der Waals surface area (Å²) < 4.78 is 0. The molecule has 17 heavy (non-hydrogen) atoms. The van der Waals surface area contributed by atoms with Crippen molar-refractivity contribution in [1.29, 1.82) is 0 Å². The van der Waals surface area contributed by atoms with Crippen molar-refractivity contribution in [2.24, 2.45) is 0 Å². The third-order valence-corrected chi connectivity index (χ3v) is 2.55. The molecule has 0 saturated carbocycles. The Hall–Kier alpha value is -1.62. The molecule has 1 N–H and O–H groups in total. The average Bonchev–Trinajstić information content (AvgIpc) is 2.30. The van der Waals surface area contributed by atoms with E-state index in [9.17, 15) is 14.9 Å². The van der Waals surface area contributed by atoms with Gasteiger partial charge in [0, 0.05) is 18.7 Å². The number of non-ortho nitro benzene ring substituents is 1. The second-order valence-corrected chi connectivity index (χ2v) is 4.02. The largest absolute Gasteiger partial charge is 0.355 e. The maximum absolute atomic E-state index is 11.4. The van der Waals surface area contributed by atoms with E-state index in [1.54, 1.807) is 12.1 Å². The van der Waals surface area contributed by atoms with Crippen LogP contribution in [0.4, 0.5) is 5.69 Å². The van der Waals surface area contributed by atoms with Crippen molar-refractivity contribution in [2.75, 3.05) is 6.54 Å². The minimum absolute atomic E-state index is 0.0258. The molecule has 0 fully saturated rings. The van der Waals surface area contributed by atoms with Crippen LogP contribution in [0.2, 0.25) is 0 Å². The number of hydrogen-bond donors (Lipinski definition) is 1. The highest BCUT2D eigenvalue weighted by atomic mass is 35.5. The number of hydrogen-bond acceptors (Lipinski definition) is 3. The van der Waals surface area contributed by atoms with Gasteiger partial charge in [-0.1, -0.05) is 12.1 Å². The van der Waals surface area contributed by atoms with E-state index >= 15 is 0 Å². The minimum atomic E-state index is -0.656. The van der Waals surface area contributed by atoms with E-state index in [0.29, 0.717) is 13.0 Å². The molecule has 0 spiro atoms. The van der Waals surface area contributed by atoms with Crippen molar-refractivity contribution in [3.05, 3.63) is 39.9 Å². The summed E-state index contributed by atoms with van der Waals surface area (Å²) in [4.78, 5) is 21.3. The fourth-order valence-corrected chi connectivity index (χ4v) is 1.59. The summed E-state index contributed by atoms with van der Waals surface area (Å²) >= 11 is 5.90. The lowest BCUT2D eigenvalue weighted by atomic mass is 10.1. The second kappa shape index (κ2) is 6.20. The fraction of sp³-hybridized carbons (Fsp3) is 0.364. The molecular formula is C11H13ClN2O3. The summed E-state index contributed by atoms with van der Waals surface area (Å²) in [5, 5.41) is 12.4. The van der Waals surface area contributed by atoms with Gasteiger partial charge in [0.15, 0.2) is 0 Å². The molecule has 0 heterocycles. The first kappa shape index (κ1) is 13.4. The van der Waals surface area contributed by atoms with E-state index in [0.717, 1.165) is 5.56 Å². The molecule has 0 aliphatic carbocycles. The molecule has 6 heteroatoms. The number of nitrogens with zero attached hydrogens (tertiary/aromatic N) is 1. The van der Waals surface area contributed by atoms with Crippen molar-refractivity contribution in [1.82, 2.24) is 5.32 Å². The van der Waals surface area contributed by atoms with Gasteiger partial charge in [-0.3, -0.25) is 14.9 Å². The Morgan fingerprint density at radius 1 is 1.47 bits per heavy atom. The fourth-order valence-electron chi connectivity index (χ4n) is 1.34. The molecular weight excluding hydrogens is 244 g/mol. The van der Waals surface area contributed by atoms with E-state index in [-0.39, 0.29) is 11.6 Å². The average molecular weight is 257 g/mol. The zero-order valence-corrected chi connectivity index (χ0v) is 10.1. The highest BCUT2D eigenvalue weighted by Gasteiger charge is 2.15. The Morgan fingerprint density at radius 3 is 2.53 bits per heavy atom. The number of carbonyl (C=O) groups is 1. The third-order valence-electron chi connectivity index (χ3n) is 2.20. The van der Waals surface area contributed by atoms with Gasteiger partial charge in [0.05, 0.1) is 4.92 Å². The van der Waals surface area contributed by atoms with Gasteiger partial charge < -0.3 is 5.32 Å². The number of alkyl halides is 1. The van der Waals surface area contributed by atoms with Gasteiger partial charge in [-0.2, -0.15) is 0 Å². The molecule has 0 bridgehead atoms. The Kier molecular flexibility index (Phi) is 4.90. The number of carbonyl (C=O) groups excluding carboxylic acids is 1. The van der Waals surface area contributed by atoms with E-state index in [4.69, 9.17) is 11.6 Å². The molecule has 1 aromatic carbocycles. The SMILES string of the molecule is CCNC(=O)C(Cl)Cc1ccc([N+](=O)[O-])cc1. The van der Waals surface area contributed by atoms with Gasteiger partial charge in [-0.05, 0) is 18.9 Å². The quantitative estimate of drug-likeness (QED) is 0.497. The van der Waals surface area contributed by atoms with Crippen molar-refractivity contribution in [3.8, 4) is 0 Å². The first-order valence-corrected chi connectivity index (χ1v) is 5.63. The maximum atomic E-state index is 11.4. The summed E-state index contributed by atoms with van der Waals surface area (Å²) in [6.45, 7) is 2.34. The lowest BCUT2D eigenvalue weighted by molar-refractivity contribution is -0.384. The molecule has 5 nitrogen and oxygen atoms in total. The van der Waals surface area contributed by atoms with Gasteiger partial charge in [0.1, 0.15) is 5.38 Å². The normalized spacial score (nSPS) is 11.9. The summed E-state index contributed by atoms with van der Waals surface area (Å²) in [6, 6.07) is 6.01. The van der Waals surface area contributed by atoms with E-state index < -0.39 is 10.3 Å². The number of nitro groups is 1. The summed E-state index contributed by atoms with van der Waals surface area (Å²) in [6.07, 6.45) is 0.353. The van der Waals surface area contributed by atoms with Crippen LogP contribution in [0.25, 0.3) is 0 Å². The Labute approximate surface area is 104 Å². The van der Waals surface area contributed by atoms with Crippen molar-refractivity contribution < 1.29 is 9.72 Å². The Bertz CT molecular complexity index is 406. The Balaban J connectivity index is 2.63. The summed E-state index contributed by atoms with van der Waals surface area (Å²) in [5.74, 6) is -0.229. The predicted molar refractivity (Wildman–Crippen MR) is 65.1 cm³/mol. The molecule has 92 valence electrons. The first-order valence-electron chi connectivity index (χ1n) is 5.19. The smallest absolute Gasteiger partial charge is 0.269 e. The van der Waals surface area contributed by atoms with Crippen LogP contribution in [-0.2, 0) is 11.2 Å². The third kappa shape index (κ3) is 4.03. The van der Waals surface area contributed by atoms with Crippen LogP contribution in [-0.4, -0.2) is 22.8 Å². The van der Waals surface area contributed by atoms with Crippen LogP contribution in [0.15, 0.2) is 24.3 Å². The van der Waals surface area contributed by atoms with Gasteiger partial charge >= 0.3 is 0 Å². The van der Waals surface area contributed by atoms with E-state index in [1.165, 1.54) is 12.1 Å². The first-order chi connectivity index (χ1) is 8.04. The molecule has 0 aliphatic heterocycles. The van der Waals surface area contributed by atoms with E-state index in [2.05, 4.69) is 5.32 Å². The topological polar surface area (TPSA) is 72.2 Å². The minimum Gasteiger partial charge on any atom is -0.355 e. The molecule has 0 aliphatic rings. The number of nitrogens with one attached hydrogen (secondary N) is 1. The van der Waals surface area contributed by atoms with Crippen LogP contribution < -0.4 is 5.32 Å². The summed E-state index contributed by atoms with van der Waals surface area (Å²) in [7, 11) is 0. The van der Waals surface area contributed by atoms with Gasteiger partial charge in [0.25, 0.3) is 5.69 Å². The monoisotopic (exact) mass is 256 g/mol. The molecule has 0 aromatic heterocycles. The van der Waals surface area contributed by atoms with Gasteiger partial charge in [-0.15, -0.1) is 11.6 Å². The molecule has 1 amide bonds. The second-order valence-electron chi connectivity index (χ2n) is 3.49. The zero-order valence-electron chi connectivity index (χ0n) is 9.35. The van der Waals surface area contributed by atoms with Crippen molar-refractivity contribution in [2.45, 2.75) is 18.7 Å². The lowest BCUT2D eigenvalue weighted by Gasteiger charge is -2.08. The molecule has 1 rings (SSSR count). The van der Waals surface area contributed by atoms with Crippen LogP contribution in [0.3, 0.4) is 0 Å². The number of rotatable bonds is 5. The highest BCUT2D eigenvalue weighted by molar-refractivity contribution is 6.30. The van der Waals surface area contributed by atoms with E-state index in [1.807, 2.05) is 6.92 Å². The molecule has 1 aromatic rings. The molecule has 0 radical (unpaired) electrons. The van der Waals surface area contributed by atoms with Crippen LogP contribution in [0, 0.1) is 10.1 Å². The number of nitro benzene ring substituents is 1. The molecule has 1 atom stereocenters. The number of amides is 1. The van der Waals surface area contributed by atoms with Gasteiger partial charge in [-0.25, -0.2) is 0 Å².